The molecule has 3 aliphatic rings. The van der Waals surface area contributed by atoms with E-state index >= 15 is 0 Å². The molecule has 0 bridgehead atoms. The lowest BCUT2D eigenvalue weighted by molar-refractivity contribution is -0.355. The van der Waals surface area contributed by atoms with Crippen molar-refractivity contribution in [3.8, 4) is 0 Å². The molecule has 35 heavy (non-hydrogen) atoms. The molecule has 0 aromatic rings. The van der Waals surface area contributed by atoms with Crippen LogP contribution in [-0.4, -0.2) is 178 Å². The molecule has 3 heterocycles. The van der Waals surface area contributed by atoms with Gasteiger partial charge < -0.3 is 85.3 Å². The summed E-state index contributed by atoms with van der Waals surface area (Å²) in [5.41, 5.74) is 0. The fourth-order valence-electron chi connectivity index (χ4n) is 3.72. The van der Waals surface area contributed by atoms with Crippen molar-refractivity contribution in [2.45, 2.75) is 85.5 Å². The molecule has 0 spiro atoms. The average Bonchev–Trinajstić information content (AvgIpc) is 3.08. The Hall–Kier alpha value is -0.680. The van der Waals surface area contributed by atoms with Gasteiger partial charge in [-0.15, -0.1) is 0 Å². The zero-order chi connectivity index (χ0) is 26.7. The molecule has 0 aromatic carbocycles. The van der Waals surface area contributed by atoms with Crippen molar-refractivity contribution in [3.05, 3.63) is 0 Å². The highest BCUT2D eigenvalue weighted by atomic mass is 16.7. The van der Waals surface area contributed by atoms with Gasteiger partial charge in [0.25, 0.3) is 0 Å². The van der Waals surface area contributed by atoms with Crippen LogP contribution in [0, 0.1) is 0 Å². The number of aliphatic hydroxyl groups excluding tert-OH is 12. The van der Waals surface area contributed by atoms with Crippen LogP contribution in [0.5, 0.6) is 0 Å². The quantitative estimate of drug-likeness (QED) is 0.154. The molecule has 3 rings (SSSR count). The van der Waals surface area contributed by atoms with Crippen molar-refractivity contribution < 1.29 is 85.3 Å². The molecule has 208 valence electrons. The van der Waals surface area contributed by atoms with Crippen molar-refractivity contribution in [1.29, 1.82) is 0 Å². The maximum Gasteiger partial charge on any atom is 0.219 e. The third kappa shape index (κ3) is 6.43. The molecular weight excluding hydrogens is 488 g/mol. The van der Waals surface area contributed by atoms with Crippen molar-refractivity contribution in [3.63, 3.8) is 0 Å². The van der Waals surface area contributed by atoms with Crippen LogP contribution in [0.2, 0.25) is 0 Å². The SMILES string of the molecule is OC[C@H]1O[C@H](O[C@H]2[C@H](O)[C@@H](O)[C@H](O)O[C@@H]2CO)[C@H](O)[C@@H](O)[C@@H]1O.OC[C@H]1O[C@](O)(CO)[C@@H](O)[C@@H]1O. The lowest BCUT2D eigenvalue weighted by atomic mass is 9.97. The van der Waals surface area contributed by atoms with E-state index in [1.54, 1.807) is 0 Å². The lowest BCUT2D eigenvalue weighted by Crippen LogP contribution is -2.64. The molecule has 3 aliphatic heterocycles. The van der Waals surface area contributed by atoms with Crippen LogP contribution < -0.4 is 0 Å². The summed E-state index contributed by atoms with van der Waals surface area (Å²) in [5.74, 6) is -2.16. The van der Waals surface area contributed by atoms with Gasteiger partial charge in [-0.1, -0.05) is 0 Å². The minimum absolute atomic E-state index is 0.527. The van der Waals surface area contributed by atoms with Crippen LogP contribution >= 0.6 is 0 Å². The predicted molar refractivity (Wildman–Crippen MR) is 105 cm³/mol. The lowest BCUT2D eigenvalue weighted by Gasteiger charge is -2.45. The number of hydrogen-bond donors (Lipinski definition) is 13. The molecule has 0 aromatic heterocycles. The van der Waals surface area contributed by atoms with E-state index in [0.717, 1.165) is 0 Å². The summed E-state index contributed by atoms with van der Waals surface area (Å²) in [7, 11) is 0. The zero-order valence-electron chi connectivity index (χ0n) is 18.3. The largest absolute Gasteiger partial charge is 0.394 e. The Kier molecular flexibility index (Phi) is 11.1. The molecule has 14 atom stereocenters. The molecule has 3 fully saturated rings. The number of ether oxygens (including phenoxy) is 4. The van der Waals surface area contributed by atoms with Crippen LogP contribution in [0.3, 0.4) is 0 Å². The average molecular weight is 522 g/mol. The third-order valence-corrected chi connectivity index (χ3v) is 5.91. The maximum absolute atomic E-state index is 9.94. The Morgan fingerprint density at radius 1 is 0.600 bits per heavy atom. The molecular formula is C18H34O17. The van der Waals surface area contributed by atoms with Crippen LogP contribution in [-0.2, 0) is 18.9 Å². The molecule has 13 N–H and O–H groups in total. The second-order valence-electron chi connectivity index (χ2n) is 8.30. The summed E-state index contributed by atoms with van der Waals surface area (Å²) in [4.78, 5) is 0. The monoisotopic (exact) mass is 522 g/mol. The van der Waals surface area contributed by atoms with E-state index in [-0.39, 0.29) is 0 Å². The van der Waals surface area contributed by atoms with Crippen molar-refractivity contribution >= 4 is 0 Å². The molecule has 17 nitrogen and oxygen atoms in total. The van der Waals surface area contributed by atoms with Gasteiger partial charge in [-0.3, -0.25) is 0 Å². The van der Waals surface area contributed by atoms with Crippen molar-refractivity contribution in [2.75, 3.05) is 26.4 Å². The van der Waals surface area contributed by atoms with Crippen molar-refractivity contribution in [2.24, 2.45) is 0 Å². The van der Waals surface area contributed by atoms with E-state index in [4.69, 9.17) is 39.7 Å². The van der Waals surface area contributed by atoms with E-state index in [1.165, 1.54) is 0 Å². The summed E-state index contributed by atoms with van der Waals surface area (Å²) in [5, 5.41) is 121. The van der Waals surface area contributed by atoms with Gasteiger partial charge >= 0.3 is 0 Å². The maximum atomic E-state index is 9.94. The standard InChI is InChI=1S/C12H22O11.C6H12O6/c13-1-3-5(15)6(16)9(19)12(22-3)23-10-4(2-14)21-11(20)8(18)7(10)17;7-1-3-4(9)5(10)6(11,2-8)12-3/h3-20H,1-2H2;3-5,7-11H,1-2H2/t3-,4-,5-,6+,7-,8-,9-,10-,11-,12-;3-,4-,5+,6-/m11/s1. The first-order chi connectivity index (χ1) is 16.4. The first-order valence-corrected chi connectivity index (χ1v) is 10.6. The van der Waals surface area contributed by atoms with Crippen LogP contribution in [0.15, 0.2) is 0 Å². The van der Waals surface area contributed by atoms with E-state index in [0.29, 0.717) is 0 Å². The van der Waals surface area contributed by atoms with Gasteiger partial charge in [0.1, 0.15) is 67.1 Å². The predicted octanol–water partition coefficient (Wildman–Crippen LogP) is -8.62. The summed E-state index contributed by atoms with van der Waals surface area (Å²) in [6, 6.07) is 0. The van der Waals surface area contributed by atoms with Crippen LogP contribution in [0.25, 0.3) is 0 Å². The summed E-state index contributed by atoms with van der Waals surface area (Å²) >= 11 is 0. The molecule has 17 heteroatoms. The zero-order valence-corrected chi connectivity index (χ0v) is 18.3. The Bertz CT molecular complexity index is 638. The molecule has 0 amide bonds. The van der Waals surface area contributed by atoms with Crippen LogP contribution in [0.4, 0.5) is 0 Å². The molecule has 0 aliphatic carbocycles. The van der Waals surface area contributed by atoms with Gasteiger partial charge in [0, 0.05) is 0 Å². The Morgan fingerprint density at radius 3 is 1.63 bits per heavy atom. The number of aliphatic hydroxyl groups is 13. The van der Waals surface area contributed by atoms with E-state index < -0.39 is 112 Å². The van der Waals surface area contributed by atoms with Crippen LogP contribution in [0.1, 0.15) is 0 Å². The van der Waals surface area contributed by atoms with E-state index in [1.807, 2.05) is 0 Å². The summed E-state index contributed by atoms with van der Waals surface area (Å²) < 4.78 is 19.9. The highest BCUT2D eigenvalue weighted by molar-refractivity contribution is 4.95. The second-order valence-corrected chi connectivity index (χ2v) is 8.30. The highest BCUT2D eigenvalue weighted by Crippen LogP contribution is 2.29. The number of hydrogen-bond acceptors (Lipinski definition) is 17. The minimum atomic E-state index is -2.16. The smallest absolute Gasteiger partial charge is 0.219 e. The third-order valence-electron chi connectivity index (χ3n) is 5.91. The number of rotatable bonds is 6. The second kappa shape index (κ2) is 12.7. The summed E-state index contributed by atoms with van der Waals surface area (Å²) in [6.45, 7) is -2.70. The first-order valence-electron chi connectivity index (χ1n) is 10.6. The Labute approximate surface area is 198 Å². The normalized spacial score (nSPS) is 50.5. The van der Waals surface area contributed by atoms with Crippen molar-refractivity contribution in [1.82, 2.24) is 0 Å². The van der Waals surface area contributed by atoms with Gasteiger partial charge in [-0.2, -0.15) is 0 Å². The fourth-order valence-corrected chi connectivity index (χ4v) is 3.72. The van der Waals surface area contributed by atoms with Gasteiger partial charge in [-0.05, 0) is 0 Å². The van der Waals surface area contributed by atoms with Gasteiger partial charge in [0.05, 0.1) is 26.4 Å². The Morgan fingerprint density at radius 2 is 1.17 bits per heavy atom. The molecule has 0 unspecified atom stereocenters. The minimum Gasteiger partial charge on any atom is -0.394 e. The van der Waals surface area contributed by atoms with Gasteiger partial charge in [-0.25, -0.2) is 0 Å². The molecule has 3 saturated heterocycles. The topological polar surface area (TPSA) is 300 Å². The molecule has 0 radical (unpaired) electrons. The Balaban J connectivity index is 0.000000303. The highest BCUT2D eigenvalue weighted by Gasteiger charge is 2.53. The van der Waals surface area contributed by atoms with Gasteiger partial charge in [0.2, 0.25) is 5.79 Å². The molecule has 0 saturated carbocycles. The fraction of sp³-hybridized carbons (Fsp3) is 1.00. The summed E-state index contributed by atoms with van der Waals surface area (Å²) in [6.07, 6.45) is -19.6. The first kappa shape index (κ1) is 30.5. The van der Waals surface area contributed by atoms with E-state index in [2.05, 4.69) is 4.74 Å². The van der Waals surface area contributed by atoms with E-state index in [9.17, 15) is 40.9 Å². The van der Waals surface area contributed by atoms with Gasteiger partial charge in [0.15, 0.2) is 12.6 Å².